The highest BCUT2D eigenvalue weighted by atomic mass is 16.5. The van der Waals surface area contributed by atoms with Gasteiger partial charge in [0.15, 0.2) is 5.69 Å². The Balaban J connectivity index is 2.14. The van der Waals surface area contributed by atoms with Gasteiger partial charge in [-0.2, -0.15) is 0 Å². The average Bonchev–Trinajstić information content (AvgIpc) is 2.52. The fourth-order valence-electron chi connectivity index (χ4n) is 4.52. The average molecular weight is 391 g/mol. The Hall–Kier alpha value is -2.11. The van der Waals surface area contributed by atoms with Crippen LogP contribution >= 0.6 is 0 Å². The number of carbonyl (C=O) groups is 2. The molecule has 0 saturated heterocycles. The molecule has 1 aliphatic rings. The summed E-state index contributed by atoms with van der Waals surface area (Å²) in [6, 6.07) is 1.56. The second kappa shape index (κ2) is 8.10. The van der Waals surface area contributed by atoms with E-state index in [9.17, 15) is 14.7 Å². The zero-order valence-corrected chi connectivity index (χ0v) is 18.1. The van der Waals surface area contributed by atoms with Crippen molar-refractivity contribution in [3.8, 4) is 5.75 Å². The SMILES string of the molecule is Cc1ccnc(C(=O)NC2CC(C)(C)C(OC(=O)CC(C)C)C(C)(C)C2)c1O. The van der Waals surface area contributed by atoms with Crippen LogP contribution in [0.2, 0.25) is 0 Å². The molecule has 0 atom stereocenters. The maximum atomic E-state index is 12.7. The molecular formula is C22H34N2O4. The second-order valence-corrected chi connectivity index (χ2v) is 9.85. The first-order valence-corrected chi connectivity index (χ1v) is 9.98. The van der Waals surface area contributed by atoms with Crippen molar-refractivity contribution in [3.05, 3.63) is 23.5 Å². The molecule has 6 nitrogen and oxygen atoms in total. The van der Waals surface area contributed by atoms with E-state index in [-0.39, 0.29) is 52.2 Å². The van der Waals surface area contributed by atoms with Crippen molar-refractivity contribution in [2.24, 2.45) is 16.7 Å². The van der Waals surface area contributed by atoms with E-state index in [4.69, 9.17) is 4.74 Å². The van der Waals surface area contributed by atoms with Crippen LogP contribution in [0.3, 0.4) is 0 Å². The lowest BCUT2D eigenvalue weighted by atomic mass is 9.61. The molecule has 1 fully saturated rings. The third-order valence-electron chi connectivity index (χ3n) is 5.47. The molecular weight excluding hydrogens is 356 g/mol. The second-order valence-electron chi connectivity index (χ2n) is 9.85. The summed E-state index contributed by atoms with van der Waals surface area (Å²) in [5, 5.41) is 13.2. The van der Waals surface area contributed by atoms with Crippen molar-refractivity contribution in [1.82, 2.24) is 10.3 Å². The lowest BCUT2D eigenvalue weighted by Gasteiger charge is -2.51. The number of aryl methyl sites for hydroxylation is 1. The van der Waals surface area contributed by atoms with E-state index in [2.05, 4.69) is 38.0 Å². The highest BCUT2D eigenvalue weighted by molar-refractivity contribution is 5.95. The van der Waals surface area contributed by atoms with Crippen LogP contribution in [0.1, 0.15) is 76.9 Å². The zero-order chi connectivity index (χ0) is 21.3. The van der Waals surface area contributed by atoms with Crippen molar-refractivity contribution in [2.45, 2.75) is 79.9 Å². The van der Waals surface area contributed by atoms with Crippen LogP contribution in [0.4, 0.5) is 0 Å². The Bertz CT molecular complexity index is 722. The molecule has 2 N–H and O–H groups in total. The summed E-state index contributed by atoms with van der Waals surface area (Å²) in [7, 11) is 0. The number of ether oxygens (including phenoxy) is 1. The van der Waals surface area contributed by atoms with Gasteiger partial charge in [-0.3, -0.25) is 9.59 Å². The van der Waals surface area contributed by atoms with Gasteiger partial charge in [0.2, 0.25) is 0 Å². The van der Waals surface area contributed by atoms with E-state index in [0.717, 1.165) is 0 Å². The predicted molar refractivity (Wildman–Crippen MR) is 108 cm³/mol. The van der Waals surface area contributed by atoms with Crippen LogP contribution in [-0.2, 0) is 9.53 Å². The van der Waals surface area contributed by atoms with E-state index >= 15 is 0 Å². The van der Waals surface area contributed by atoms with Crippen LogP contribution in [-0.4, -0.2) is 34.1 Å². The normalized spacial score (nSPS) is 23.3. The fourth-order valence-corrected chi connectivity index (χ4v) is 4.52. The largest absolute Gasteiger partial charge is 0.505 e. The molecule has 0 radical (unpaired) electrons. The third kappa shape index (κ3) is 5.03. The number of hydrogen-bond acceptors (Lipinski definition) is 5. The molecule has 156 valence electrons. The van der Waals surface area contributed by atoms with Gasteiger partial charge in [-0.25, -0.2) is 4.98 Å². The molecule has 1 amide bonds. The molecule has 0 aromatic carbocycles. The molecule has 1 saturated carbocycles. The minimum Gasteiger partial charge on any atom is -0.505 e. The van der Waals surface area contributed by atoms with Crippen LogP contribution in [0.15, 0.2) is 12.3 Å². The van der Waals surface area contributed by atoms with E-state index in [0.29, 0.717) is 24.8 Å². The summed E-state index contributed by atoms with van der Waals surface area (Å²) in [5.41, 5.74) is 0.0608. The number of amides is 1. The highest BCUT2D eigenvalue weighted by Gasteiger charge is 2.50. The Morgan fingerprint density at radius 1 is 1.25 bits per heavy atom. The van der Waals surface area contributed by atoms with Crippen LogP contribution in [0.5, 0.6) is 5.75 Å². The maximum absolute atomic E-state index is 12.7. The minimum absolute atomic E-state index is 0.0427. The Labute approximate surface area is 168 Å². The smallest absolute Gasteiger partial charge is 0.306 e. The first-order valence-electron chi connectivity index (χ1n) is 9.98. The van der Waals surface area contributed by atoms with Crippen molar-refractivity contribution in [2.75, 3.05) is 0 Å². The highest BCUT2D eigenvalue weighted by Crippen LogP contribution is 2.48. The Kier molecular flexibility index (Phi) is 6.41. The van der Waals surface area contributed by atoms with E-state index in [1.165, 1.54) is 6.20 Å². The number of rotatable bonds is 5. The summed E-state index contributed by atoms with van der Waals surface area (Å²) in [5.74, 6) is -0.385. The summed E-state index contributed by atoms with van der Waals surface area (Å²) in [4.78, 5) is 29.0. The van der Waals surface area contributed by atoms with Crippen LogP contribution in [0.25, 0.3) is 0 Å². The molecule has 2 rings (SSSR count). The zero-order valence-electron chi connectivity index (χ0n) is 18.1. The molecule has 28 heavy (non-hydrogen) atoms. The molecule has 0 spiro atoms. The van der Waals surface area contributed by atoms with Crippen molar-refractivity contribution in [3.63, 3.8) is 0 Å². The van der Waals surface area contributed by atoms with Crippen molar-refractivity contribution >= 4 is 11.9 Å². The van der Waals surface area contributed by atoms with Gasteiger partial charge < -0.3 is 15.2 Å². The monoisotopic (exact) mass is 390 g/mol. The van der Waals surface area contributed by atoms with Crippen molar-refractivity contribution < 1.29 is 19.4 Å². The topological polar surface area (TPSA) is 88.5 Å². The molecule has 1 aromatic heterocycles. The maximum Gasteiger partial charge on any atom is 0.306 e. The first kappa shape index (κ1) is 22.2. The van der Waals surface area contributed by atoms with E-state index < -0.39 is 0 Å². The lowest BCUT2D eigenvalue weighted by molar-refractivity contribution is -0.174. The fraction of sp³-hybridized carbons (Fsp3) is 0.682. The molecule has 1 aliphatic carbocycles. The molecule has 0 aliphatic heterocycles. The van der Waals surface area contributed by atoms with E-state index in [1.54, 1.807) is 13.0 Å². The van der Waals surface area contributed by atoms with Gasteiger partial charge in [-0.05, 0) is 37.3 Å². The molecule has 1 heterocycles. The minimum atomic E-state index is -0.381. The van der Waals surface area contributed by atoms with Gasteiger partial charge in [0.25, 0.3) is 5.91 Å². The van der Waals surface area contributed by atoms with Gasteiger partial charge in [0.05, 0.1) is 0 Å². The summed E-state index contributed by atoms with van der Waals surface area (Å²) in [6.45, 7) is 14.0. The molecule has 0 unspecified atom stereocenters. The summed E-state index contributed by atoms with van der Waals surface area (Å²) in [6.07, 6.45) is 3.04. The molecule has 1 aromatic rings. The van der Waals surface area contributed by atoms with Crippen LogP contribution in [0, 0.1) is 23.7 Å². The van der Waals surface area contributed by atoms with Crippen LogP contribution < -0.4 is 5.32 Å². The summed E-state index contributed by atoms with van der Waals surface area (Å²) >= 11 is 0. The molecule has 0 bridgehead atoms. The number of pyridine rings is 1. The lowest BCUT2D eigenvalue weighted by Crippen LogP contribution is -2.56. The van der Waals surface area contributed by atoms with Gasteiger partial charge in [-0.1, -0.05) is 41.5 Å². The first-order chi connectivity index (χ1) is 12.8. The number of aromatic nitrogens is 1. The van der Waals surface area contributed by atoms with Gasteiger partial charge in [0.1, 0.15) is 11.9 Å². The van der Waals surface area contributed by atoms with Crippen molar-refractivity contribution in [1.29, 1.82) is 0 Å². The number of nitrogens with one attached hydrogen (secondary N) is 1. The Morgan fingerprint density at radius 2 is 1.82 bits per heavy atom. The predicted octanol–water partition coefficient (Wildman–Crippen LogP) is 4.00. The van der Waals surface area contributed by atoms with Gasteiger partial charge >= 0.3 is 5.97 Å². The standard InChI is InChI=1S/C22H34N2O4/c1-13(2)10-16(25)28-20-21(4,5)11-15(12-22(20,6)7)24-19(27)17-18(26)14(3)8-9-23-17/h8-9,13,15,20,26H,10-12H2,1-7H3,(H,24,27). The third-order valence-corrected chi connectivity index (χ3v) is 5.47. The number of esters is 1. The number of hydrogen-bond donors (Lipinski definition) is 2. The molecule has 6 heteroatoms. The number of carbonyl (C=O) groups excluding carboxylic acids is 2. The van der Waals surface area contributed by atoms with Gasteiger partial charge in [0, 0.05) is 29.5 Å². The number of aromatic hydroxyl groups is 1. The quantitative estimate of drug-likeness (QED) is 0.742. The van der Waals surface area contributed by atoms with E-state index in [1.807, 2.05) is 13.8 Å². The summed E-state index contributed by atoms with van der Waals surface area (Å²) < 4.78 is 5.90. The number of nitrogens with zero attached hydrogens (tertiary/aromatic N) is 1. The van der Waals surface area contributed by atoms with Gasteiger partial charge in [-0.15, -0.1) is 0 Å². The Morgan fingerprint density at radius 3 is 2.36 bits per heavy atom.